The molecule has 0 atom stereocenters. The second kappa shape index (κ2) is 4.87. The number of ether oxygens (including phenoxy) is 1. The average Bonchev–Trinajstić information content (AvgIpc) is 2.24. The van der Waals surface area contributed by atoms with Crippen LogP contribution in [-0.2, 0) is 11.0 Å². The fraction of sp³-hybridized carbons (Fsp3) is 0.273. The van der Waals surface area contributed by atoms with Crippen molar-refractivity contribution in [3.63, 3.8) is 0 Å². The van der Waals surface area contributed by atoms with Crippen LogP contribution in [0.1, 0.15) is 18.1 Å². The number of hydrogen-bond donors (Lipinski definition) is 0. The molecule has 1 aromatic rings. The second-order valence-electron chi connectivity index (χ2n) is 3.31. The van der Waals surface area contributed by atoms with Gasteiger partial charge >= 0.3 is 6.18 Å². The number of nitriles is 1. The molecule has 0 aliphatic carbocycles. The maximum Gasteiger partial charge on any atom is 0.420 e. The number of rotatable bonds is 3. The Morgan fingerprint density at radius 3 is 2.59 bits per heavy atom. The number of alkyl halides is 3. The van der Waals surface area contributed by atoms with Crippen molar-refractivity contribution in [1.82, 2.24) is 0 Å². The van der Waals surface area contributed by atoms with Crippen LogP contribution in [0.4, 0.5) is 13.2 Å². The van der Waals surface area contributed by atoms with Crippen LogP contribution in [0.3, 0.4) is 0 Å². The van der Waals surface area contributed by atoms with Crippen LogP contribution >= 0.6 is 0 Å². The van der Waals surface area contributed by atoms with Crippen LogP contribution < -0.4 is 4.74 Å². The van der Waals surface area contributed by atoms with Crippen LogP contribution in [0.25, 0.3) is 0 Å². The molecule has 0 unspecified atom stereocenters. The quantitative estimate of drug-likeness (QED) is 0.819. The summed E-state index contributed by atoms with van der Waals surface area (Å²) in [7, 11) is 0. The fourth-order valence-corrected chi connectivity index (χ4v) is 1.13. The zero-order valence-electron chi connectivity index (χ0n) is 8.84. The molecule has 1 rings (SSSR count). The molecule has 0 heterocycles. The Morgan fingerprint density at radius 1 is 1.47 bits per heavy atom. The minimum atomic E-state index is -4.63. The molecule has 6 heteroatoms. The van der Waals surface area contributed by atoms with E-state index < -0.39 is 24.1 Å². The van der Waals surface area contributed by atoms with Crippen LogP contribution in [-0.4, -0.2) is 12.4 Å². The zero-order chi connectivity index (χ0) is 13.1. The first-order valence-electron chi connectivity index (χ1n) is 4.58. The van der Waals surface area contributed by atoms with Gasteiger partial charge in [0.15, 0.2) is 5.78 Å². The molecule has 1 aromatic carbocycles. The van der Waals surface area contributed by atoms with Crippen molar-refractivity contribution in [1.29, 1.82) is 5.26 Å². The molecule has 0 radical (unpaired) electrons. The predicted molar refractivity (Wildman–Crippen MR) is 52.3 cm³/mol. The first-order valence-corrected chi connectivity index (χ1v) is 4.58. The molecule has 0 saturated carbocycles. The molecule has 0 aliphatic heterocycles. The van der Waals surface area contributed by atoms with Gasteiger partial charge in [-0.15, -0.1) is 0 Å². The van der Waals surface area contributed by atoms with Gasteiger partial charge in [-0.25, -0.2) is 0 Å². The van der Waals surface area contributed by atoms with Gasteiger partial charge < -0.3 is 4.74 Å². The first-order chi connectivity index (χ1) is 7.84. The Balaban J connectivity index is 3.12. The maximum absolute atomic E-state index is 12.6. The van der Waals surface area contributed by atoms with Crippen LogP contribution in [0, 0.1) is 11.3 Å². The molecular formula is C11H8F3NO2. The summed E-state index contributed by atoms with van der Waals surface area (Å²) in [5, 5.41) is 8.52. The van der Waals surface area contributed by atoms with E-state index in [0.29, 0.717) is 6.07 Å². The lowest BCUT2D eigenvalue weighted by Gasteiger charge is -2.13. The summed E-state index contributed by atoms with van der Waals surface area (Å²) in [6.07, 6.45) is -4.63. The van der Waals surface area contributed by atoms with E-state index >= 15 is 0 Å². The lowest BCUT2D eigenvalue weighted by molar-refractivity contribution is -0.139. The van der Waals surface area contributed by atoms with Crippen molar-refractivity contribution < 1.29 is 22.7 Å². The Kier molecular flexibility index (Phi) is 3.73. The minimum Gasteiger partial charge on any atom is -0.485 e. The highest BCUT2D eigenvalue weighted by Gasteiger charge is 2.34. The maximum atomic E-state index is 12.6. The second-order valence-corrected chi connectivity index (χ2v) is 3.31. The lowest BCUT2D eigenvalue weighted by atomic mass is 10.1. The zero-order valence-corrected chi connectivity index (χ0v) is 8.84. The summed E-state index contributed by atoms with van der Waals surface area (Å²) in [4.78, 5) is 10.6. The van der Waals surface area contributed by atoms with E-state index in [1.165, 1.54) is 13.0 Å². The third-order valence-electron chi connectivity index (χ3n) is 1.84. The van der Waals surface area contributed by atoms with Crippen LogP contribution in [0.5, 0.6) is 5.75 Å². The number of halogens is 3. The fourth-order valence-electron chi connectivity index (χ4n) is 1.13. The largest absolute Gasteiger partial charge is 0.485 e. The van der Waals surface area contributed by atoms with Crippen LogP contribution in [0.15, 0.2) is 18.2 Å². The van der Waals surface area contributed by atoms with Crippen molar-refractivity contribution in [3.8, 4) is 11.8 Å². The highest BCUT2D eigenvalue weighted by molar-refractivity contribution is 5.77. The van der Waals surface area contributed by atoms with E-state index in [0.717, 1.165) is 6.07 Å². The number of Topliss-reactive ketones (excluding diaryl/α,β-unsaturated/α-hetero) is 1. The summed E-state index contributed by atoms with van der Waals surface area (Å²) in [6.45, 7) is 0.770. The van der Waals surface area contributed by atoms with Crippen molar-refractivity contribution in [2.24, 2.45) is 0 Å². The van der Waals surface area contributed by atoms with Crippen molar-refractivity contribution >= 4 is 5.78 Å². The van der Waals surface area contributed by atoms with E-state index in [1.54, 1.807) is 6.07 Å². The predicted octanol–water partition coefficient (Wildman–Crippen LogP) is 2.54. The molecule has 0 fully saturated rings. The number of nitrogens with zero attached hydrogens (tertiary/aromatic N) is 1. The molecule has 0 bridgehead atoms. The van der Waals surface area contributed by atoms with Gasteiger partial charge in [-0.3, -0.25) is 4.79 Å². The average molecular weight is 243 g/mol. The molecule has 0 spiro atoms. The van der Waals surface area contributed by atoms with E-state index in [2.05, 4.69) is 0 Å². The summed E-state index contributed by atoms with van der Waals surface area (Å²) < 4.78 is 42.6. The third kappa shape index (κ3) is 3.48. The molecule has 90 valence electrons. The molecule has 0 aromatic heterocycles. The van der Waals surface area contributed by atoms with Gasteiger partial charge in [-0.2, -0.15) is 18.4 Å². The van der Waals surface area contributed by atoms with Gasteiger partial charge in [-0.05, 0) is 25.1 Å². The van der Waals surface area contributed by atoms with Gasteiger partial charge in [0.2, 0.25) is 0 Å². The number of benzene rings is 1. The smallest absolute Gasteiger partial charge is 0.420 e. The lowest BCUT2D eigenvalue weighted by Crippen LogP contribution is -2.12. The van der Waals surface area contributed by atoms with Gasteiger partial charge in [0.25, 0.3) is 0 Å². The highest BCUT2D eigenvalue weighted by atomic mass is 19.4. The molecule has 0 amide bonds. The van der Waals surface area contributed by atoms with Gasteiger partial charge in [0.1, 0.15) is 12.4 Å². The summed E-state index contributed by atoms with van der Waals surface area (Å²) in [6, 6.07) is 4.53. The standard InChI is InChI=1S/C11H8F3NO2/c1-7(16)6-17-10-3-2-8(5-15)4-9(10)11(12,13)14/h2-4H,6H2,1H3. The van der Waals surface area contributed by atoms with Crippen molar-refractivity contribution in [2.75, 3.05) is 6.61 Å². The summed E-state index contributed by atoms with van der Waals surface area (Å²) in [5.74, 6) is -0.839. The topological polar surface area (TPSA) is 50.1 Å². The SMILES string of the molecule is CC(=O)COc1ccc(C#N)cc1C(F)(F)F. The number of carbonyl (C=O) groups is 1. The Hall–Kier alpha value is -2.03. The molecule has 0 saturated heterocycles. The van der Waals surface area contributed by atoms with Crippen molar-refractivity contribution in [3.05, 3.63) is 29.3 Å². The molecule has 17 heavy (non-hydrogen) atoms. The Bertz CT molecular complexity index is 475. The third-order valence-corrected chi connectivity index (χ3v) is 1.84. The van der Waals surface area contributed by atoms with Gasteiger partial charge in [0, 0.05) is 0 Å². The Labute approximate surface area is 95.4 Å². The number of carbonyl (C=O) groups excluding carboxylic acids is 1. The minimum absolute atomic E-state index is 0.118. The molecule has 0 aliphatic rings. The number of ketones is 1. The molecule has 0 N–H and O–H groups in total. The normalized spacial score (nSPS) is 10.8. The summed E-state index contributed by atoms with van der Waals surface area (Å²) >= 11 is 0. The van der Waals surface area contributed by atoms with Gasteiger partial charge in [-0.1, -0.05) is 0 Å². The van der Waals surface area contributed by atoms with Crippen molar-refractivity contribution in [2.45, 2.75) is 13.1 Å². The van der Waals surface area contributed by atoms with E-state index in [1.807, 2.05) is 0 Å². The Morgan fingerprint density at radius 2 is 2.12 bits per heavy atom. The van der Waals surface area contributed by atoms with E-state index in [-0.39, 0.29) is 11.3 Å². The molecular weight excluding hydrogens is 235 g/mol. The summed E-state index contributed by atoms with van der Waals surface area (Å²) in [5.41, 5.74) is -1.18. The van der Waals surface area contributed by atoms with E-state index in [9.17, 15) is 18.0 Å². The van der Waals surface area contributed by atoms with E-state index in [4.69, 9.17) is 10.00 Å². The first kappa shape index (κ1) is 13.0. The van der Waals surface area contributed by atoms with Gasteiger partial charge in [0.05, 0.1) is 17.2 Å². The number of hydrogen-bond acceptors (Lipinski definition) is 3. The molecule has 3 nitrogen and oxygen atoms in total. The monoisotopic (exact) mass is 243 g/mol. The highest BCUT2D eigenvalue weighted by Crippen LogP contribution is 2.36. The van der Waals surface area contributed by atoms with Crippen LogP contribution in [0.2, 0.25) is 0 Å².